The number of methoxy groups -OCH3 is 3. The van der Waals surface area contributed by atoms with E-state index in [4.69, 9.17) is 18.6 Å². The van der Waals surface area contributed by atoms with Gasteiger partial charge in [0.25, 0.3) is 0 Å². The summed E-state index contributed by atoms with van der Waals surface area (Å²) in [5, 5.41) is 10.5. The lowest BCUT2D eigenvalue weighted by atomic mass is 10.0. The summed E-state index contributed by atoms with van der Waals surface area (Å²) in [6.07, 6.45) is 0.216. The number of aryl methyl sites for hydroxylation is 2. The average molecular weight is 397 g/mol. The molecule has 0 spiro atoms. The summed E-state index contributed by atoms with van der Waals surface area (Å²) in [7, 11) is 4.57. The van der Waals surface area contributed by atoms with Gasteiger partial charge in [0.1, 0.15) is 0 Å². The molecular weight excluding hydrogens is 374 g/mol. The fraction of sp³-hybridized carbons (Fsp3) is 0.286. The van der Waals surface area contributed by atoms with Crippen molar-refractivity contribution in [3.05, 3.63) is 47.0 Å². The molecule has 1 N–H and O–H groups in total. The molecule has 0 saturated carbocycles. The third-order valence-corrected chi connectivity index (χ3v) is 4.43. The SMILES string of the molecule is COc1cc(-c2nnc(NC(=O)Cc3ccc(C)cc3C)o2)cc(OC)c1OC. The van der Waals surface area contributed by atoms with Crippen LogP contribution in [0.1, 0.15) is 16.7 Å². The zero-order chi connectivity index (χ0) is 21.0. The highest BCUT2D eigenvalue weighted by Gasteiger charge is 2.18. The minimum absolute atomic E-state index is 0.0171. The van der Waals surface area contributed by atoms with Gasteiger partial charge in [0, 0.05) is 5.56 Å². The van der Waals surface area contributed by atoms with E-state index in [-0.39, 0.29) is 24.2 Å². The largest absolute Gasteiger partial charge is 0.493 e. The maximum Gasteiger partial charge on any atom is 0.322 e. The lowest BCUT2D eigenvalue weighted by Crippen LogP contribution is -2.15. The Balaban J connectivity index is 1.78. The van der Waals surface area contributed by atoms with E-state index in [0.717, 1.165) is 16.7 Å². The zero-order valence-corrected chi connectivity index (χ0v) is 17.0. The molecule has 8 heteroatoms. The fourth-order valence-corrected chi connectivity index (χ4v) is 2.98. The number of nitrogens with one attached hydrogen (secondary N) is 1. The Hall–Kier alpha value is -3.55. The Morgan fingerprint density at radius 1 is 1.00 bits per heavy atom. The summed E-state index contributed by atoms with van der Waals surface area (Å²) in [4.78, 5) is 12.4. The van der Waals surface area contributed by atoms with Crippen LogP contribution in [0.15, 0.2) is 34.7 Å². The predicted molar refractivity (Wildman–Crippen MR) is 108 cm³/mol. The topological polar surface area (TPSA) is 95.7 Å². The Kier molecular flexibility index (Phi) is 6.01. The van der Waals surface area contributed by atoms with Crippen LogP contribution in [-0.4, -0.2) is 37.4 Å². The first-order chi connectivity index (χ1) is 13.9. The van der Waals surface area contributed by atoms with Crippen molar-refractivity contribution >= 4 is 11.9 Å². The lowest BCUT2D eigenvalue weighted by molar-refractivity contribution is -0.115. The molecule has 1 heterocycles. The quantitative estimate of drug-likeness (QED) is 0.651. The van der Waals surface area contributed by atoms with Crippen LogP contribution in [0.5, 0.6) is 17.2 Å². The summed E-state index contributed by atoms with van der Waals surface area (Å²) in [6, 6.07) is 9.36. The van der Waals surface area contributed by atoms with Crippen molar-refractivity contribution in [2.45, 2.75) is 20.3 Å². The minimum Gasteiger partial charge on any atom is -0.493 e. The summed E-state index contributed by atoms with van der Waals surface area (Å²) in [5.41, 5.74) is 3.72. The predicted octanol–water partition coefficient (Wildman–Crippen LogP) is 3.56. The molecule has 0 aliphatic carbocycles. The first-order valence-corrected chi connectivity index (χ1v) is 8.95. The molecule has 0 saturated heterocycles. The second-order valence-electron chi connectivity index (χ2n) is 6.48. The molecule has 0 aliphatic heterocycles. The van der Waals surface area contributed by atoms with E-state index in [2.05, 4.69) is 15.5 Å². The molecule has 152 valence electrons. The smallest absolute Gasteiger partial charge is 0.322 e. The van der Waals surface area contributed by atoms with Crippen LogP contribution in [0.4, 0.5) is 6.01 Å². The third kappa shape index (κ3) is 4.48. The molecule has 8 nitrogen and oxygen atoms in total. The number of benzene rings is 2. The molecule has 0 unspecified atom stereocenters. The van der Waals surface area contributed by atoms with Crippen molar-refractivity contribution in [1.29, 1.82) is 0 Å². The van der Waals surface area contributed by atoms with Gasteiger partial charge in [-0.05, 0) is 37.1 Å². The van der Waals surface area contributed by atoms with Crippen molar-refractivity contribution in [2.75, 3.05) is 26.6 Å². The molecular formula is C21H23N3O5. The molecule has 29 heavy (non-hydrogen) atoms. The van der Waals surface area contributed by atoms with E-state index in [0.29, 0.717) is 22.8 Å². The van der Waals surface area contributed by atoms with Gasteiger partial charge in [-0.2, -0.15) is 0 Å². The number of anilines is 1. The van der Waals surface area contributed by atoms with Gasteiger partial charge in [-0.3, -0.25) is 10.1 Å². The standard InChI is InChI=1S/C21H23N3O5/c1-12-6-7-14(13(2)8-12)11-18(25)22-21-24-23-20(29-21)15-9-16(26-3)19(28-5)17(10-15)27-4/h6-10H,11H2,1-5H3,(H,22,24,25). The Morgan fingerprint density at radius 3 is 2.28 bits per heavy atom. The van der Waals surface area contributed by atoms with E-state index in [1.54, 1.807) is 12.1 Å². The average Bonchev–Trinajstić information content (AvgIpc) is 3.17. The first-order valence-electron chi connectivity index (χ1n) is 8.95. The number of carbonyl (C=O) groups excluding carboxylic acids is 1. The van der Waals surface area contributed by atoms with Crippen LogP contribution in [-0.2, 0) is 11.2 Å². The summed E-state index contributed by atoms with van der Waals surface area (Å²) >= 11 is 0. The zero-order valence-electron chi connectivity index (χ0n) is 17.0. The fourth-order valence-electron chi connectivity index (χ4n) is 2.98. The van der Waals surface area contributed by atoms with Crippen LogP contribution in [0.25, 0.3) is 11.5 Å². The highest BCUT2D eigenvalue weighted by Crippen LogP contribution is 2.41. The van der Waals surface area contributed by atoms with Crippen molar-refractivity contribution in [2.24, 2.45) is 0 Å². The Labute approximate surface area is 168 Å². The molecule has 0 aliphatic rings. The number of ether oxygens (including phenoxy) is 3. The van der Waals surface area contributed by atoms with Gasteiger partial charge in [0.15, 0.2) is 11.5 Å². The number of hydrogen-bond donors (Lipinski definition) is 1. The number of aromatic nitrogens is 2. The van der Waals surface area contributed by atoms with Crippen molar-refractivity contribution in [3.63, 3.8) is 0 Å². The highest BCUT2D eigenvalue weighted by molar-refractivity contribution is 5.90. The number of amides is 1. The van der Waals surface area contributed by atoms with E-state index >= 15 is 0 Å². The third-order valence-electron chi connectivity index (χ3n) is 4.43. The highest BCUT2D eigenvalue weighted by atomic mass is 16.5. The Bertz CT molecular complexity index is 1000. The second kappa shape index (κ2) is 8.64. The van der Waals surface area contributed by atoms with Crippen LogP contribution >= 0.6 is 0 Å². The molecule has 0 bridgehead atoms. The second-order valence-corrected chi connectivity index (χ2v) is 6.48. The van der Waals surface area contributed by atoms with Crippen LogP contribution in [0, 0.1) is 13.8 Å². The van der Waals surface area contributed by atoms with Gasteiger partial charge in [-0.25, -0.2) is 0 Å². The van der Waals surface area contributed by atoms with E-state index < -0.39 is 0 Å². The van der Waals surface area contributed by atoms with Crippen LogP contribution in [0.2, 0.25) is 0 Å². The normalized spacial score (nSPS) is 10.5. The first kappa shape index (κ1) is 20.2. The number of nitrogens with zero attached hydrogens (tertiary/aromatic N) is 2. The molecule has 0 radical (unpaired) electrons. The molecule has 0 fully saturated rings. The van der Waals surface area contributed by atoms with Gasteiger partial charge in [0.05, 0.1) is 27.8 Å². The van der Waals surface area contributed by atoms with Crippen LogP contribution < -0.4 is 19.5 Å². The van der Waals surface area contributed by atoms with Crippen molar-refractivity contribution in [3.8, 4) is 28.7 Å². The molecule has 1 aromatic heterocycles. The molecule has 1 amide bonds. The molecule has 3 aromatic rings. The van der Waals surface area contributed by atoms with Gasteiger partial charge >= 0.3 is 6.01 Å². The van der Waals surface area contributed by atoms with Crippen molar-refractivity contribution in [1.82, 2.24) is 10.2 Å². The monoisotopic (exact) mass is 397 g/mol. The number of hydrogen-bond acceptors (Lipinski definition) is 7. The molecule has 0 atom stereocenters. The van der Waals surface area contributed by atoms with E-state index in [1.165, 1.54) is 21.3 Å². The summed E-state index contributed by atoms with van der Waals surface area (Å²) in [6.45, 7) is 3.99. The Morgan fingerprint density at radius 2 is 1.69 bits per heavy atom. The lowest BCUT2D eigenvalue weighted by Gasteiger charge is -2.12. The van der Waals surface area contributed by atoms with Gasteiger partial charge < -0.3 is 18.6 Å². The van der Waals surface area contributed by atoms with E-state index in [1.807, 2.05) is 32.0 Å². The van der Waals surface area contributed by atoms with Gasteiger partial charge in [-0.1, -0.05) is 28.9 Å². The molecule has 2 aromatic carbocycles. The number of carbonyl (C=O) groups is 1. The minimum atomic E-state index is -0.239. The van der Waals surface area contributed by atoms with Gasteiger partial charge in [-0.15, -0.1) is 5.10 Å². The van der Waals surface area contributed by atoms with Gasteiger partial charge in [0.2, 0.25) is 17.5 Å². The maximum absolute atomic E-state index is 12.4. The van der Waals surface area contributed by atoms with Crippen molar-refractivity contribution < 1.29 is 23.4 Å². The van der Waals surface area contributed by atoms with E-state index in [9.17, 15) is 4.79 Å². The molecule has 3 rings (SSSR count). The number of rotatable bonds is 7. The summed E-state index contributed by atoms with van der Waals surface area (Å²) in [5.74, 6) is 1.35. The van der Waals surface area contributed by atoms with Crippen LogP contribution in [0.3, 0.4) is 0 Å². The maximum atomic E-state index is 12.4. The summed E-state index contributed by atoms with van der Waals surface area (Å²) < 4.78 is 21.6.